The van der Waals surface area contributed by atoms with Crippen LogP contribution in [0.2, 0.25) is 0 Å². The molecule has 13 heavy (non-hydrogen) atoms. The van der Waals surface area contributed by atoms with Crippen LogP contribution in [0.1, 0.15) is 13.8 Å². The number of nitrogens with two attached hydrogens (primary N) is 1. The third kappa shape index (κ3) is 3.63. The summed E-state index contributed by atoms with van der Waals surface area (Å²) in [6.45, 7) is 2.38. The molecular weight excluding hydrogens is 187 g/mol. The highest BCUT2D eigenvalue weighted by Gasteiger charge is 2.43. The van der Waals surface area contributed by atoms with Gasteiger partial charge in [0.05, 0.1) is 12.5 Å². The topological polar surface area (TPSA) is 52.3 Å². The fourth-order valence-corrected chi connectivity index (χ4v) is 0.646. The molecule has 0 aliphatic rings. The lowest BCUT2D eigenvalue weighted by atomic mass is 10.0. The molecule has 0 aromatic heterocycles. The molecule has 0 bridgehead atoms. The Morgan fingerprint density at radius 2 is 2.00 bits per heavy atom. The monoisotopic (exact) mass is 199 g/mol. The Hall–Kier alpha value is -0.780. The summed E-state index contributed by atoms with van der Waals surface area (Å²) in [6.07, 6.45) is -4.47. The number of carbonyl (C=O) groups is 1. The maximum Gasteiger partial charge on any atom is 0.393 e. The van der Waals surface area contributed by atoms with Crippen LogP contribution in [0.15, 0.2) is 0 Å². The van der Waals surface area contributed by atoms with E-state index in [2.05, 4.69) is 4.74 Å². The Balaban J connectivity index is 4.25. The van der Waals surface area contributed by atoms with Gasteiger partial charge in [0.2, 0.25) is 0 Å². The summed E-state index contributed by atoms with van der Waals surface area (Å²) >= 11 is 0. The molecule has 0 unspecified atom stereocenters. The quantitative estimate of drug-likeness (QED) is 0.692. The van der Waals surface area contributed by atoms with Crippen LogP contribution in [0.25, 0.3) is 0 Å². The van der Waals surface area contributed by atoms with Crippen LogP contribution >= 0.6 is 0 Å². The molecule has 0 aliphatic heterocycles. The molecule has 0 radical (unpaired) electrons. The molecule has 2 atom stereocenters. The standard InChI is InChI=1S/C7H12F3NO2/c1-3-13-6(12)5(11)4(2)7(8,9)10/h4-5H,3,11H2,1-2H3/t4-,5+/m1/s1. The van der Waals surface area contributed by atoms with Crippen molar-refractivity contribution in [1.82, 2.24) is 0 Å². The first kappa shape index (κ1) is 12.2. The number of halogens is 3. The van der Waals surface area contributed by atoms with E-state index in [1.807, 2.05) is 0 Å². The molecule has 78 valence electrons. The van der Waals surface area contributed by atoms with E-state index in [1.54, 1.807) is 0 Å². The molecule has 0 heterocycles. The van der Waals surface area contributed by atoms with Crippen molar-refractivity contribution in [1.29, 1.82) is 0 Å². The van der Waals surface area contributed by atoms with Crippen molar-refractivity contribution in [2.75, 3.05) is 6.61 Å². The number of hydrogen-bond donors (Lipinski definition) is 1. The van der Waals surface area contributed by atoms with Gasteiger partial charge >= 0.3 is 12.1 Å². The lowest BCUT2D eigenvalue weighted by Crippen LogP contribution is -2.44. The van der Waals surface area contributed by atoms with Crippen molar-refractivity contribution in [3.8, 4) is 0 Å². The van der Waals surface area contributed by atoms with Gasteiger partial charge in [0.1, 0.15) is 6.04 Å². The average molecular weight is 199 g/mol. The highest BCUT2D eigenvalue weighted by atomic mass is 19.4. The van der Waals surface area contributed by atoms with Gasteiger partial charge in [-0.3, -0.25) is 4.79 Å². The molecule has 0 saturated carbocycles. The Bertz CT molecular complexity index is 181. The predicted octanol–water partition coefficient (Wildman–Crippen LogP) is 1.08. The van der Waals surface area contributed by atoms with Gasteiger partial charge in [0.15, 0.2) is 0 Å². The van der Waals surface area contributed by atoms with Gasteiger partial charge in [-0.25, -0.2) is 0 Å². The molecule has 0 rings (SSSR count). The lowest BCUT2D eigenvalue weighted by molar-refractivity contribution is -0.184. The van der Waals surface area contributed by atoms with Gasteiger partial charge in [-0.1, -0.05) is 6.92 Å². The summed E-state index contributed by atoms with van der Waals surface area (Å²) in [7, 11) is 0. The Kier molecular flexibility index (Phi) is 4.19. The van der Waals surface area contributed by atoms with E-state index in [4.69, 9.17) is 5.73 Å². The summed E-state index contributed by atoms with van der Waals surface area (Å²) < 4.78 is 40.4. The second-order valence-electron chi connectivity index (χ2n) is 2.61. The molecule has 0 fully saturated rings. The fourth-order valence-electron chi connectivity index (χ4n) is 0.646. The first-order valence-corrected chi connectivity index (χ1v) is 3.79. The van der Waals surface area contributed by atoms with Crippen molar-refractivity contribution < 1.29 is 22.7 Å². The summed E-state index contributed by atoms with van der Waals surface area (Å²) in [6, 6.07) is -1.64. The third-order valence-corrected chi connectivity index (χ3v) is 1.61. The zero-order chi connectivity index (χ0) is 10.6. The van der Waals surface area contributed by atoms with Gasteiger partial charge < -0.3 is 10.5 Å². The van der Waals surface area contributed by atoms with Crippen LogP contribution in [0.4, 0.5) is 13.2 Å². The largest absolute Gasteiger partial charge is 0.465 e. The average Bonchev–Trinajstić information content (AvgIpc) is 2.00. The van der Waals surface area contributed by atoms with Crippen molar-refractivity contribution in [2.24, 2.45) is 11.7 Å². The van der Waals surface area contributed by atoms with E-state index in [0.29, 0.717) is 0 Å². The van der Waals surface area contributed by atoms with E-state index < -0.39 is 24.1 Å². The lowest BCUT2D eigenvalue weighted by Gasteiger charge is -2.20. The zero-order valence-electron chi connectivity index (χ0n) is 7.39. The molecule has 0 saturated heterocycles. The Morgan fingerprint density at radius 3 is 2.31 bits per heavy atom. The van der Waals surface area contributed by atoms with Crippen molar-refractivity contribution in [3.05, 3.63) is 0 Å². The highest BCUT2D eigenvalue weighted by Crippen LogP contribution is 2.27. The third-order valence-electron chi connectivity index (χ3n) is 1.61. The molecule has 0 amide bonds. The number of ether oxygens (including phenoxy) is 1. The van der Waals surface area contributed by atoms with Crippen molar-refractivity contribution in [3.63, 3.8) is 0 Å². The van der Waals surface area contributed by atoms with Crippen LogP contribution in [0, 0.1) is 5.92 Å². The summed E-state index contributed by atoms with van der Waals surface area (Å²) in [5.41, 5.74) is 5.04. The summed E-state index contributed by atoms with van der Waals surface area (Å²) in [4.78, 5) is 10.8. The Morgan fingerprint density at radius 1 is 1.54 bits per heavy atom. The van der Waals surface area contributed by atoms with E-state index >= 15 is 0 Å². The zero-order valence-corrected chi connectivity index (χ0v) is 7.39. The van der Waals surface area contributed by atoms with Crippen LogP contribution < -0.4 is 5.73 Å². The molecule has 2 N–H and O–H groups in total. The molecule has 3 nitrogen and oxygen atoms in total. The molecule has 0 spiro atoms. The second kappa shape index (κ2) is 4.45. The number of carbonyl (C=O) groups excluding carboxylic acids is 1. The number of alkyl halides is 3. The van der Waals surface area contributed by atoms with Crippen LogP contribution in [0.5, 0.6) is 0 Å². The van der Waals surface area contributed by atoms with E-state index in [1.165, 1.54) is 6.92 Å². The van der Waals surface area contributed by atoms with E-state index in [-0.39, 0.29) is 6.61 Å². The van der Waals surface area contributed by atoms with E-state index in [0.717, 1.165) is 6.92 Å². The first-order chi connectivity index (χ1) is 5.80. The van der Waals surface area contributed by atoms with Crippen molar-refractivity contribution in [2.45, 2.75) is 26.1 Å². The smallest absolute Gasteiger partial charge is 0.393 e. The maximum absolute atomic E-state index is 12.0. The van der Waals surface area contributed by atoms with Gasteiger partial charge in [0.25, 0.3) is 0 Å². The SMILES string of the molecule is CCOC(=O)[C@@H](N)[C@@H](C)C(F)(F)F. The number of rotatable bonds is 3. The minimum Gasteiger partial charge on any atom is -0.465 e. The van der Waals surface area contributed by atoms with Crippen molar-refractivity contribution >= 4 is 5.97 Å². The second-order valence-corrected chi connectivity index (χ2v) is 2.61. The van der Waals surface area contributed by atoms with E-state index in [9.17, 15) is 18.0 Å². The minimum atomic E-state index is -4.47. The Labute approximate surface area is 74.0 Å². The highest BCUT2D eigenvalue weighted by molar-refractivity contribution is 5.75. The number of esters is 1. The van der Waals surface area contributed by atoms with Gasteiger partial charge in [-0.15, -0.1) is 0 Å². The minimum absolute atomic E-state index is 0.0249. The predicted molar refractivity (Wildman–Crippen MR) is 39.8 cm³/mol. The maximum atomic E-state index is 12.0. The van der Waals surface area contributed by atoms with Crippen LogP contribution in [0.3, 0.4) is 0 Å². The molecule has 0 aromatic rings. The number of hydrogen-bond acceptors (Lipinski definition) is 3. The molecule has 0 aliphatic carbocycles. The molecule has 6 heteroatoms. The van der Waals surface area contributed by atoms with Crippen LogP contribution in [-0.4, -0.2) is 24.8 Å². The normalized spacial score (nSPS) is 16.5. The van der Waals surface area contributed by atoms with Gasteiger partial charge in [-0.2, -0.15) is 13.2 Å². The van der Waals surface area contributed by atoms with Crippen LogP contribution in [-0.2, 0) is 9.53 Å². The molecule has 0 aromatic carbocycles. The first-order valence-electron chi connectivity index (χ1n) is 3.79. The van der Waals surface area contributed by atoms with Gasteiger partial charge in [0, 0.05) is 0 Å². The summed E-state index contributed by atoms with van der Waals surface area (Å²) in [5.74, 6) is -2.90. The summed E-state index contributed by atoms with van der Waals surface area (Å²) in [5, 5.41) is 0. The van der Waals surface area contributed by atoms with Gasteiger partial charge in [-0.05, 0) is 6.92 Å². The molecular formula is C7H12F3NO2. The fraction of sp³-hybridized carbons (Fsp3) is 0.857.